The van der Waals surface area contributed by atoms with Gasteiger partial charge in [-0.25, -0.2) is 8.78 Å². The second kappa shape index (κ2) is 6.44. The van der Waals surface area contributed by atoms with E-state index in [9.17, 15) is 18.4 Å². The number of nitrogen functional groups attached to an aromatic ring is 1. The largest absolute Gasteiger partial charge is 0.390 e. The van der Waals surface area contributed by atoms with Gasteiger partial charge in [0.2, 0.25) is 0 Å². The molecule has 0 saturated carbocycles. The standard InChI is InChI=1S/C20H12F2N2O2S/c21-11-6-7-13(15(22)10-11)18(26)17-14-8-9-16(25)24(20(14)27-19(17)23)12-4-2-1-3-5-12/h1-10H,23H2. The van der Waals surface area contributed by atoms with Crippen LogP contribution in [0.15, 0.2) is 65.5 Å². The molecular weight excluding hydrogens is 370 g/mol. The Morgan fingerprint density at radius 2 is 1.74 bits per heavy atom. The molecule has 2 N–H and O–H groups in total. The van der Waals surface area contributed by atoms with Crippen LogP contribution in [0.1, 0.15) is 15.9 Å². The Bertz CT molecular complexity index is 1250. The topological polar surface area (TPSA) is 65.1 Å². The van der Waals surface area contributed by atoms with Gasteiger partial charge in [0.25, 0.3) is 5.56 Å². The molecule has 0 aliphatic heterocycles. The number of benzene rings is 2. The highest BCUT2D eigenvalue weighted by Crippen LogP contribution is 2.35. The molecule has 4 rings (SSSR count). The van der Waals surface area contributed by atoms with E-state index in [1.807, 2.05) is 6.07 Å². The van der Waals surface area contributed by atoms with Crippen LogP contribution in [-0.4, -0.2) is 10.4 Å². The molecular formula is C20H12F2N2O2S. The summed E-state index contributed by atoms with van der Waals surface area (Å²) < 4.78 is 28.7. The minimum absolute atomic E-state index is 0.102. The van der Waals surface area contributed by atoms with Gasteiger partial charge in [-0.2, -0.15) is 0 Å². The smallest absolute Gasteiger partial charge is 0.256 e. The first-order chi connectivity index (χ1) is 13.0. The van der Waals surface area contributed by atoms with Gasteiger partial charge >= 0.3 is 0 Å². The van der Waals surface area contributed by atoms with E-state index in [2.05, 4.69) is 0 Å². The summed E-state index contributed by atoms with van der Waals surface area (Å²) in [6, 6.07) is 14.5. The molecule has 7 heteroatoms. The zero-order valence-corrected chi connectivity index (χ0v) is 14.6. The maximum Gasteiger partial charge on any atom is 0.256 e. The lowest BCUT2D eigenvalue weighted by molar-refractivity contribution is 0.103. The molecule has 0 fully saturated rings. The van der Waals surface area contributed by atoms with E-state index in [0.29, 0.717) is 22.0 Å². The van der Waals surface area contributed by atoms with Crippen molar-refractivity contribution in [2.24, 2.45) is 0 Å². The number of para-hydroxylation sites is 1. The van der Waals surface area contributed by atoms with Crippen LogP contribution < -0.4 is 11.3 Å². The van der Waals surface area contributed by atoms with Gasteiger partial charge in [-0.3, -0.25) is 14.2 Å². The fourth-order valence-electron chi connectivity index (χ4n) is 2.96. The number of carbonyl (C=O) groups excluding carboxylic acids is 1. The quantitative estimate of drug-likeness (QED) is 0.542. The third-order valence-electron chi connectivity index (χ3n) is 4.19. The van der Waals surface area contributed by atoms with Crippen LogP contribution in [0, 0.1) is 11.6 Å². The number of thiophene rings is 1. The highest BCUT2D eigenvalue weighted by Gasteiger charge is 2.23. The average Bonchev–Trinajstić information content (AvgIpc) is 2.97. The SMILES string of the molecule is Nc1sc2c(ccc(=O)n2-c2ccccc2)c1C(=O)c1ccc(F)cc1F. The first-order valence-corrected chi connectivity index (χ1v) is 8.78. The molecule has 2 aromatic heterocycles. The summed E-state index contributed by atoms with van der Waals surface area (Å²) in [7, 11) is 0. The Balaban J connectivity index is 1.97. The summed E-state index contributed by atoms with van der Waals surface area (Å²) in [5.41, 5.74) is 6.23. The summed E-state index contributed by atoms with van der Waals surface area (Å²) in [5.74, 6) is -2.39. The van der Waals surface area contributed by atoms with Gasteiger partial charge in [-0.05, 0) is 30.3 Å². The lowest BCUT2D eigenvalue weighted by atomic mass is 10.0. The van der Waals surface area contributed by atoms with E-state index in [1.54, 1.807) is 24.3 Å². The van der Waals surface area contributed by atoms with Crippen LogP contribution in [-0.2, 0) is 0 Å². The van der Waals surface area contributed by atoms with Gasteiger partial charge in [-0.15, -0.1) is 0 Å². The van der Waals surface area contributed by atoms with Gasteiger partial charge in [0, 0.05) is 17.5 Å². The highest BCUT2D eigenvalue weighted by atomic mass is 32.1. The van der Waals surface area contributed by atoms with Crippen LogP contribution in [0.5, 0.6) is 0 Å². The van der Waals surface area contributed by atoms with Gasteiger partial charge in [-0.1, -0.05) is 29.5 Å². The van der Waals surface area contributed by atoms with E-state index in [1.165, 1.54) is 16.7 Å². The van der Waals surface area contributed by atoms with Crippen LogP contribution in [0.2, 0.25) is 0 Å². The van der Waals surface area contributed by atoms with Crippen molar-refractivity contribution in [1.29, 1.82) is 0 Å². The van der Waals surface area contributed by atoms with Crippen LogP contribution in [0.25, 0.3) is 15.9 Å². The molecule has 2 aromatic carbocycles. The van der Waals surface area contributed by atoms with Crippen LogP contribution in [0.4, 0.5) is 13.8 Å². The molecule has 27 heavy (non-hydrogen) atoms. The van der Waals surface area contributed by atoms with Gasteiger partial charge in [0.1, 0.15) is 16.5 Å². The first-order valence-electron chi connectivity index (χ1n) is 7.96. The number of anilines is 1. The second-order valence-corrected chi connectivity index (χ2v) is 6.89. The first kappa shape index (κ1) is 17.1. The second-order valence-electron chi connectivity index (χ2n) is 5.86. The van der Waals surface area contributed by atoms with Crippen molar-refractivity contribution in [3.63, 3.8) is 0 Å². The predicted octanol–water partition coefficient (Wildman–Crippen LogP) is 4.14. The lowest BCUT2D eigenvalue weighted by Crippen LogP contribution is -2.16. The molecule has 0 amide bonds. The number of pyridine rings is 1. The summed E-state index contributed by atoms with van der Waals surface area (Å²) in [5, 5.41) is 0.601. The minimum atomic E-state index is -0.963. The normalized spacial score (nSPS) is 11.0. The molecule has 0 bridgehead atoms. The van der Waals surface area contributed by atoms with Gasteiger partial charge < -0.3 is 5.73 Å². The van der Waals surface area contributed by atoms with Crippen molar-refractivity contribution in [3.8, 4) is 5.69 Å². The average molecular weight is 382 g/mol. The molecule has 0 saturated heterocycles. The highest BCUT2D eigenvalue weighted by molar-refractivity contribution is 7.22. The van der Waals surface area contributed by atoms with E-state index in [0.717, 1.165) is 23.5 Å². The molecule has 4 nitrogen and oxygen atoms in total. The number of fused-ring (bicyclic) bond motifs is 1. The maximum absolute atomic E-state index is 14.1. The summed E-state index contributed by atoms with van der Waals surface area (Å²) in [6.45, 7) is 0. The van der Waals surface area contributed by atoms with E-state index in [-0.39, 0.29) is 21.7 Å². The molecule has 4 aromatic rings. The van der Waals surface area contributed by atoms with Gasteiger partial charge in [0.15, 0.2) is 5.78 Å². The van der Waals surface area contributed by atoms with Crippen molar-refractivity contribution in [3.05, 3.63) is 93.8 Å². The van der Waals surface area contributed by atoms with Crippen molar-refractivity contribution < 1.29 is 13.6 Å². The van der Waals surface area contributed by atoms with E-state index < -0.39 is 17.4 Å². The Morgan fingerprint density at radius 3 is 2.44 bits per heavy atom. The summed E-state index contributed by atoms with van der Waals surface area (Å²) >= 11 is 1.07. The van der Waals surface area contributed by atoms with Crippen molar-refractivity contribution in [1.82, 2.24) is 4.57 Å². The van der Waals surface area contributed by atoms with E-state index in [4.69, 9.17) is 5.73 Å². The number of nitrogens with two attached hydrogens (primary N) is 1. The van der Waals surface area contributed by atoms with Crippen molar-refractivity contribution >= 4 is 32.3 Å². The number of rotatable bonds is 3. The number of ketones is 1. The minimum Gasteiger partial charge on any atom is -0.390 e. The predicted molar refractivity (Wildman–Crippen MR) is 102 cm³/mol. The van der Waals surface area contributed by atoms with Crippen molar-refractivity contribution in [2.45, 2.75) is 0 Å². The fraction of sp³-hybridized carbons (Fsp3) is 0. The molecule has 0 aliphatic rings. The molecule has 0 aliphatic carbocycles. The maximum atomic E-state index is 14.1. The number of aromatic nitrogens is 1. The number of halogens is 2. The van der Waals surface area contributed by atoms with Crippen LogP contribution >= 0.6 is 11.3 Å². The Hall–Kier alpha value is -3.32. The number of carbonyl (C=O) groups is 1. The molecule has 0 atom stereocenters. The number of hydrogen-bond acceptors (Lipinski definition) is 4. The third kappa shape index (κ3) is 2.82. The summed E-state index contributed by atoms with van der Waals surface area (Å²) in [6.07, 6.45) is 0. The molecule has 0 radical (unpaired) electrons. The molecule has 0 unspecified atom stereocenters. The van der Waals surface area contributed by atoms with E-state index >= 15 is 0 Å². The Morgan fingerprint density at radius 1 is 1.00 bits per heavy atom. The zero-order valence-electron chi connectivity index (χ0n) is 13.8. The molecule has 0 spiro atoms. The van der Waals surface area contributed by atoms with Crippen molar-refractivity contribution in [2.75, 3.05) is 5.73 Å². The van der Waals surface area contributed by atoms with Crippen LogP contribution in [0.3, 0.4) is 0 Å². The summed E-state index contributed by atoms with van der Waals surface area (Å²) in [4.78, 5) is 25.8. The Labute approximate surface area is 156 Å². The number of hydrogen-bond donors (Lipinski definition) is 1. The fourth-order valence-corrected chi connectivity index (χ4v) is 4.04. The number of nitrogens with zero attached hydrogens (tertiary/aromatic N) is 1. The monoisotopic (exact) mass is 382 g/mol. The third-order valence-corrected chi connectivity index (χ3v) is 5.21. The molecule has 134 valence electrons. The van der Waals surface area contributed by atoms with Gasteiger partial charge in [0.05, 0.1) is 21.8 Å². The molecule has 2 heterocycles. The zero-order chi connectivity index (χ0) is 19.1. The lowest BCUT2D eigenvalue weighted by Gasteiger charge is -2.07. The Kier molecular flexibility index (Phi) is 4.08.